The molecule has 0 aromatic heterocycles. The van der Waals surface area contributed by atoms with Gasteiger partial charge in [-0.2, -0.15) is 0 Å². The Kier molecular flexibility index (Phi) is 8.45. The second-order valence-corrected chi connectivity index (χ2v) is 10.7. The molecule has 0 radical (unpaired) electrons. The van der Waals surface area contributed by atoms with Gasteiger partial charge in [0.1, 0.15) is 5.75 Å². The number of aromatic hydroxyl groups is 1. The van der Waals surface area contributed by atoms with E-state index in [-0.39, 0.29) is 12.5 Å². The monoisotopic (exact) mass is 412 g/mol. The van der Waals surface area contributed by atoms with Crippen molar-refractivity contribution in [1.82, 2.24) is 0 Å². The predicted octanol–water partition coefficient (Wildman–Crippen LogP) is 7.39. The number of aliphatic hydroxyl groups is 1. The van der Waals surface area contributed by atoms with Crippen LogP contribution in [0.3, 0.4) is 0 Å². The van der Waals surface area contributed by atoms with Gasteiger partial charge in [0.25, 0.3) is 0 Å². The minimum absolute atomic E-state index is 0.147. The molecular weight excluding hydrogens is 368 g/mol. The van der Waals surface area contributed by atoms with Crippen LogP contribution in [-0.2, 0) is 6.42 Å². The van der Waals surface area contributed by atoms with Gasteiger partial charge < -0.3 is 10.2 Å². The molecule has 2 heteroatoms. The minimum Gasteiger partial charge on any atom is -0.508 e. The third kappa shape index (κ3) is 6.13. The number of hydrogen-bond donors (Lipinski definition) is 2. The van der Waals surface area contributed by atoms with E-state index in [0.29, 0.717) is 17.1 Å². The van der Waals surface area contributed by atoms with Crippen LogP contribution in [0.1, 0.15) is 102 Å². The maximum atomic E-state index is 10.4. The van der Waals surface area contributed by atoms with Crippen LogP contribution in [0.15, 0.2) is 30.4 Å². The molecule has 0 amide bonds. The Morgan fingerprint density at radius 3 is 2.73 bits per heavy atom. The lowest BCUT2D eigenvalue weighted by molar-refractivity contribution is 0.119. The summed E-state index contributed by atoms with van der Waals surface area (Å²) in [4.78, 5) is 0. The topological polar surface area (TPSA) is 40.5 Å². The predicted molar refractivity (Wildman–Crippen MR) is 127 cm³/mol. The average Bonchev–Trinajstić information content (AvgIpc) is 2.71. The van der Waals surface area contributed by atoms with Crippen molar-refractivity contribution in [3.05, 3.63) is 41.5 Å². The molecule has 0 bridgehead atoms. The fourth-order valence-electron chi connectivity index (χ4n) is 6.24. The molecule has 1 saturated carbocycles. The molecule has 1 aromatic rings. The average molecular weight is 413 g/mol. The highest BCUT2D eigenvalue weighted by molar-refractivity contribution is 5.36. The second kappa shape index (κ2) is 10.8. The standard InChI is InChI=1S/C28H44O2/c1-4-5-6-11-24(20-29)25-15-23(17-27(30)18-25)14-22-10-7-12-26(16-22)28(3)13-8-9-21(2)19-28/h8,13,15,17-18,21-22,24,26,29-30H,4-7,9-12,14,16,19-20H2,1-3H3/t21-,22-,24+,26-,28+/m0/s1. The third-order valence-corrected chi connectivity index (χ3v) is 7.91. The maximum Gasteiger partial charge on any atom is 0.116 e. The molecule has 30 heavy (non-hydrogen) atoms. The molecule has 0 aliphatic heterocycles. The van der Waals surface area contributed by atoms with Crippen LogP contribution < -0.4 is 0 Å². The summed E-state index contributed by atoms with van der Waals surface area (Å²) in [6, 6.07) is 6.09. The van der Waals surface area contributed by atoms with E-state index in [4.69, 9.17) is 0 Å². The summed E-state index contributed by atoms with van der Waals surface area (Å²) in [7, 11) is 0. The van der Waals surface area contributed by atoms with Gasteiger partial charge in [0, 0.05) is 12.5 Å². The first-order valence-electron chi connectivity index (χ1n) is 12.5. The summed E-state index contributed by atoms with van der Waals surface area (Å²) < 4.78 is 0. The number of benzene rings is 1. The van der Waals surface area contributed by atoms with E-state index in [1.54, 1.807) is 0 Å². The zero-order valence-corrected chi connectivity index (χ0v) is 19.6. The van der Waals surface area contributed by atoms with Gasteiger partial charge in [-0.05, 0) is 85.0 Å². The third-order valence-electron chi connectivity index (χ3n) is 7.91. The summed E-state index contributed by atoms with van der Waals surface area (Å²) in [5.41, 5.74) is 2.73. The summed E-state index contributed by atoms with van der Waals surface area (Å²) >= 11 is 0. The Labute approximate surface area is 184 Å². The van der Waals surface area contributed by atoms with Crippen LogP contribution >= 0.6 is 0 Å². The number of hydrogen-bond acceptors (Lipinski definition) is 2. The Balaban J connectivity index is 1.67. The zero-order valence-electron chi connectivity index (χ0n) is 19.6. The van der Waals surface area contributed by atoms with Crippen molar-refractivity contribution in [1.29, 1.82) is 0 Å². The van der Waals surface area contributed by atoms with E-state index in [1.165, 1.54) is 56.9 Å². The quantitative estimate of drug-likeness (QED) is 0.328. The number of phenolic OH excluding ortho intramolecular Hbond substituents is 1. The van der Waals surface area contributed by atoms with Crippen LogP contribution in [0, 0.1) is 23.2 Å². The van der Waals surface area contributed by atoms with Crippen molar-refractivity contribution in [2.24, 2.45) is 23.2 Å². The first kappa shape index (κ1) is 23.4. The van der Waals surface area contributed by atoms with Crippen LogP contribution in [0.5, 0.6) is 5.75 Å². The Bertz CT molecular complexity index is 694. The zero-order chi connectivity index (χ0) is 21.6. The molecular formula is C28H44O2. The molecule has 0 unspecified atom stereocenters. The molecule has 168 valence electrons. The van der Waals surface area contributed by atoms with Crippen molar-refractivity contribution in [2.45, 2.75) is 97.3 Å². The Morgan fingerprint density at radius 1 is 1.17 bits per heavy atom. The highest BCUT2D eigenvalue weighted by atomic mass is 16.3. The highest BCUT2D eigenvalue weighted by Gasteiger charge is 2.37. The molecule has 1 aromatic carbocycles. The molecule has 5 atom stereocenters. The van der Waals surface area contributed by atoms with Crippen molar-refractivity contribution in [3.8, 4) is 5.75 Å². The molecule has 2 N–H and O–H groups in total. The first-order valence-corrected chi connectivity index (χ1v) is 12.5. The molecule has 3 rings (SSSR count). The molecule has 0 saturated heterocycles. The van der Waals surface area contributed by atoms with Gasteiger partial charge >= 0.3 is 0 Å². The largest absolute Gasteiger partial charge is 0.508 e. The first-order chi connectivity index (χ1) is 14.4. The van der Waals surface area contributed by atoms with E-state index in [0.717, 1.165) is 36.7 Å². The van der Waals surface area contributed by atoms with Crippen LogP contribution in [0.25, 0.3) is 0 Å². The summed E-state index contributed by atoms with van der Waals surface area (Å²) in [6.07, 6.45) is 18.4. The fourth-order valence-corrected chi connectivity index (χ4v) is 6.24. The van der Waals surface area contributed by atoms with E-state index >= 15 is 0 Å². The van der Waals surface area contributed by atoms with Crippen molar-refractivity contribution < 1.29 is 10.2 Å². The molecule has 0 spiro atoms. The normalized spacial score (nSPS) is 30.3. The molecule has 2 aliphatic rings. The lowest BCUT2D eigenvalue weighted by Crippen LogP contribution is -2.33. The van der Waals surface area contributed by atoms with E-state index in [2.05, 4.69) is 39.0 Å². The molecule has 2 nitrogen and oxygen atoms in total. The van der Waals surface area contributed by atoms with Gasteiger partial charge in [-0.25, -0.2) is 0 Å². The van der Waals surface area contributed by atoms with Gasteiger partial charge in [0.05, 0.1) is 0 Å². The van der Waals surface area contributed by atoms with Crippen molar-refractivity contribution in [3.63, 3.8) is 0 Å². The van der Waals surface area contributed by atoms with E-state index < -0.39 is 0 Å². The number of rotatable bonds is 9. The summed E-state index contributed by atoms with van der Waals surface area (Å²) in [5.74, 6) is 2.80. The minimum atomic E-state index is 0.147. The van der Waals surface area contributed by atoms with Crippen molar-refractivity contribution in [2.75, 3.05) is 6.61 Å². The summed E-state index contributed by atoms with van der Waals surface area (Å²) in [6.45, 7) is 7.26. The number of unbranched alkanes of at least 4 members (excludes halogenated alkanes) is 2. The Hall–Kier alpha value is -1.28. The molecule has 2 aliphatic carbocycles. The van der Waals surface area contributed by atoms with Crippen LogP contribution in [0.4, 0.5) is 0 Å². The van der Waals surface area contributed by atoms with Gasteiger partial charge in [0.15, 0.2) is 0 Å². The highest BCUT2D eigenvalue weighted by Crippen LogP contribution is 2.48. The van der Waals surface area contributed by atoms with E-state index in [9.17, 15) is 10.2 Å². The maximum absolute atomic E-state index is 10.4. The van der Waals surface area contributed by atoms with Gasteiger partial charge in [-0.1, -0.05) is 71.1 Å². The lowest BCUT2D eigenvalue weighted by Gasteiger charge is -2.43. The fraction of sp³-hybridized carbons (Fsp3) is 0.714. The van der Waals surface area contributed by atoms with Crippen LogP contribution in [0.2, 0.25) is 0 Å². The van der Waals surface area contributed by atoms with E-state index in [1.807, 2.05) is 12.1 Å². The number of allylic oxidation sites excluding steroid dienone is 2. The van der Waals surface area contributed by atoms with Gasteiger partial charge in [-0.3, -0.25) is 0 Å². The smallest absolute Gasteiger partial charge is 0.116 e. The summed E-state index contributed by atoms with van der Waals surface area (Å²) in [5, 5.41) is 20.3. The van der Waals surface area contributed by atoms with Gasteiger partial charge in [0.2, 0.25) is 0 Å². The number of phenols is 1. The van der Waals surface area contributed by atoms with Crippen LogP contribution in [-0.4, -0.2) is 16.8 Å². The second-order valence-electron chi connectivity index (χ2n) is 10.7. The lowest BCUT2D eigenvalue weighted by atomic mass is 9.61. The number of aliphatic hydroxyl groups excluding tert-OH is 1. The molecule has 0 heterocycles. The van der Waals surface area contributed by atoms with Gasteiger partial charge in [-0.15, -0.1) is 0 Å². The van der Waals surface area contributed by atoms with Crippen molar-refractivity contribution >= 4 is 0 Å². The molecule has 1 fully saturated rings. The Morgan fingerprint density at radius 2 is 2.00 bits per heavy atom. The SMILES string of the molecule is CCCCC[C@H](CO)c1cc(O)cc(C[C@@H]2CCC[C@H]([C@]3(C)C=CC[C@H](C)C3)C2)c1.